The number of nitrogens with zero attached hydrogens (tertiary/aromatic N) is 2. The van der Waals surface area contributed by atoms with Gasteiger partial charge in [0, 0.05) is 4.88 Å². The van der Waals surface area contributed by atoms with Crippen molar-refractivity contribution in [3.05, 3.63) is 21.9 Å². The number of imide groups is 1. The molecule has 0 aromatic carbocycles. The van der Waals surface area contributed by atoms with Crippen LogP contribution in [0.3, 0.4) is 0 Å². The van der Waals surface area contributed by atoms with E-state index in [1.807, 2.05) is 11.4 Å². The molecule has 8 nitrogen and oxygen atoms in total. The smallest absolute Gasteiger partial charge is 0.341 e. The molecule has 3 rings (SSSR count). The summed E-state index contributed by atoms with van der Waals surface area (Å²) >= 11 is 1.58. The Bertz CT molecular complexity index is 775. The molecule has 0 bridgehead atoms. The number of amides is 4. The van der Waals surface area contributed by atoms with Crippen LogP contribution in [0, 0.1) is 0 Å². The molecule has 1 aromatic heterocycles. The van der Waals surface area contributed by atoms with Gasteiger partial charge in [0.1, 0.15) is 5.60 Å². The Morgan fingerprint density at radius 3 is 2.88 bits per heavy atom. The average molecular weight is 373 g/mol. The van der Waals surface area contributed by atoms with Gasteiger partial charge in [-0.05, 0) is 36.3 Å². The van der Waals surface area contributed by atoms with Crippen molar-refractivity contribution in [2.24, 2.45) is 0 Å². The number of aliphatic hydroxyl groups is 1. The SMILES string of the molecule is CS(=O)(=O)N1CCN(C(=O)NCC2(O)CCCc3sccc32)C1=O. The molecule has 24 heavy (non-hydrogen) atoms. The minimum atomic E-state index is -3.68. The maximum Gasteiger partial charge on any atom is 0.341 e. The number of carbonyl (C=O) groups is 2. The third kappa shape index (κ3) is 3.01. The third-order valence-electron chi connectivity index (χ3n) is 4.39. The fraction of sp³-hybridized carbons (Fsp3) is 0.571. The lowest BCUT2D eigenvalue weighted by Crippen LogP contribution is -2.49. The fourth-order valence-corrected chi connectivity index (χ4v) is 4.95. The minimum Gasteiger partial charge on any atom is -0.383 e. The van der Waals surface area contributed by atoms with Gasteiger partial charge in [-0.15, -0.1) is 11.3 Å². The molecule has 132 valence electrons. The molecular weight excluding hydrogens is 354 g/mol. The van der Waals surface area contributed by atoms with E-state index in [0.29, 0.717) is 10.7 Å². The lowest BCUT2D eigenvalue weighted by Gasteiger charge is -2.33. The molecular formula is C14H19N3O5S2. The van der Waals surface area contributed by atoms with E-state index in [-0.39, 0.29) is 19.6 Å². The van der Waals surface area contributed by atoms with Crippen molar-refractivity contribution in [1.29, 1.82) is 0 Å². The molecule has 1 aromatic rings. The summed E-state index contributed by atoms with van der Waals surface area (Å²) < 4.78 is 23.6. The Labute approximate surface area is 144 Å². The van der Waals surface area contributed by atoms with E-state index in [1.54, 1.807) is 11.3 Å². The molecule has 1 aliphatic heterocycles. The van der Waals surface area contributed by atoms with Gasteiger partial charge in [0.15, 0.2) is 0 Å². The predicted molar refractivity (Wildman–Crippen MR) is 88.2 cm³/mol. The Morgan fingerprint density at radius 2 is 2.21 bits per heavy atom. The summed E-state index contributed by atoms with van der Waals surface area (Å²) in [5.41, 5.74) is -0.327. The molecule has 10 heteroatoms. The van der Waals surface area contributed by atoms with E-state index in [9.17, 15) is 23.1 Å². The molecule has 1 unspecified atom stereocenters. The Hall–Kier alpha value is -1.65. The molecule has 1 fully saturated rings. The number of thiophene rings is 1. The highest BCUT2D eigenvalue weighted by molar-refractivity contribution is 7.88. The van der Waals surface area contributed by atoms with Crippen molar-refractivity contribution in [2.75, 3.05) is 25.9 Å². The number of hydrogen-bond donors (Lipinski definition) is 2. The van der Waals surface area contributed by atoms with E-state index in [4.69, 9.17) is 0 Å². The van der Waals surface area contributed by atoms with Crippen LogP contribution in [0.4, 0.5) is 9.59 Å². The lowest BCUT2D eigenvalue weighted by atomic mass is 9.83. The molecule has 0 radical (unpaired) electrons. The summed E-state index contributed by atoms with van der Waals surface area (Å²) in [6.45, 7) is -0.0673. The Balaban J connectivity index is 1.66. The van der Waals surface area contributed by atoms with Gasteiger partial charge in [-0.1, -0.05) is 0 Å². The predicted octanol–water partition coefficient (Wildman–Crippen LogP) is 0.679. The average Bonchev–Trinajstić information content (AvgIpc) is 3.11. The first-order valence-electron chi connectivity index (χ1n) is 7.59. The summed E-state index contributed by atoms with van der Waals surface area (Å²) in [5, 5.41) is 15.3. The number of urea groups is 2. The summed E-state index contributed by atoms with van der Waals surface area (Å²) in [5.74, 6) is 0. The van der Waals surface area contributed by atoms with Gasteiger partial charge >= 0.3 is 12.1 Å². The molecule has 2 N–H and O–H groups in total. The second-order valence-electron chi connectivity index (χ2n) is 6.07. The molecule has 2 aliphatic rings. The normalized spacial score (nSPS) is 24.2. The van der Waals surface area contributed by atoms with Gasteiger partial charge < -0.3 is 10.4 Å². The number of aryl methyl sites for hydroxylation is 1. The second-order valence-corrected chi connectivity index (χ2v) is 8.98. The van der Waals surface area contributed by atoms with Crippen molar-refractivity contribution in [2.45, 2.75) is 24.9 Å². The number of carbonyl (C=O) groups excluding carboxylic acids is 2. The largest absolute Gasteiger partial charge is 0.383 e. The minimum absolute atomic E-state index is 0.000133. The quantitative estimate of drug-likeness (QED) is 0.810. The van der Waals surface area contributed by atoms with E-state index in [0.717, 1.165) is 34.4 Å². The molecule has 1 aliphatic carbocycles. The molecule has 0 spiro atoms. The number of nitrogens with one attached hydrogen (secondary N) is 1. The zero-order valence-electron chi connectivity index (χ0n) is 13.2. The molecule has 1 atom stereocenters. The Kier molecular flexibility index (Phi) is 4.30. The van der Waals surface area contributed by atoms with Gasteiger partial charge in [0.05, 0.1) is 25.9 Å². The summed E-state index contributed by atoms with van der Waals surface area (Å²) in [6.07, 6.45) is 3.19. The maximum absolute atomic E-state index is 12.2. The number of hydrogen-bond acceptors (Lipinski definition) is 6. The number of fused-ring (bicyclic) bond motifs is 1. The molecule has 0 saturated carbocycles. The van der Waals surface area contributed by atoms with E-state index < -0.39 is 27.7 Å². The van der Waals surface area contributed by atoms with Crippen LogP contribution in [0.2, 0.25) is 0 Å². The van der Waals surface area contributed by atoms with Gasteiger partial charge in [0.25, 0.3) is 0 Å². The number of sulfonamides is 1. The highest BCUT2D eigenvalue weighted by atomic mass is 32.2. The van der Waals surface area contributed by atoms with Crippen molar-refractivity contribution in [3.63, 3.8) is 0 Å². The zero-order valence-corrected chi connectivity index (χ0v) is 14.8. The highest BCUT2D eigenvalue weighted by Gasteiger charge is 2.40. The standard InChI is InChI=1S/C14H19N3O5S2/c1-24(21,22)17-7-6-16(13(17)19)12(18)15-9-14(20)5-2-3-11-10(14)4-8-23-11/h4,8,20H,2-3,5-7,9H2,1H3,(H,15,18). The first-order chi connectivity index (χ1) is 11.2. The zero-order chi connectivity index (χ0) is 17.5. The van der Waals surface area contributed by atoms with Crippen LogP contribution in [-0.4, -0.2) is 60.7 Å². The van der Waals surface area contributed by atoms with Crippen LogP contribution < -0.4 is 5.32 Å². The summed E-state index contributed by atoms with van der Waals surface area (Å²) in [6, 6.07) is 0.307. The van der Waals surface area contributed by atoms with Crippen LogP contribution in [0.1, 0.15) is 23.3 Å². The van der Waals surface area contributed by atoms with Gasteiger partial charge in [0.2, 0.25) is 10.0 Å². The molecule has 2 heterocycles. The third-order valence-corrected chi connectivity index (χ3v) is 6.51. The lowest BCUT2D eigenvalue weighted by molar-refractivity contribution is 0.0217. The highest BCUT2D eigenvalue weighted by Crippen LogP contribution is 2.37. The van der Waals surface area contributed by atoms with Gasteiger partial charge in [-0.3, -0.25) is 0 Å². The van der Waals surface area contributed by atoms with Crippen LogP contribution in [0.15, 0.2) is 11.4 Å². The van der Waals surface area contributed by atoms with Crippen LogP contribution in [0.5, 0.6) is 0 Å². The Morgan fingerprint density at radius 1 is 1.46 bits per heavy atom. The van der Waals surface area contributed by atoms with E-state index >= 15 is 0 Å². The first kappa shape index (κ1) is 17.2. The van der Waals surface area contributed by atoms with Crippen molar-refractivity contribution in [3.8, 4) is 0 Å². The second kappa shape index (κ2) is 6.01. The van der Waals surface area contributed by atoms with Crippen molar-refractivity contribution >= 4 is 33.4 Å². The summed E-state index contributed by atoms with van der Waals surface area (Å²) in [4.78, 5) is 26.2. The van der Waals surface area contributed by atoms with Gasteiger partial charge in [-0.25, -0.2) is 27.2 Å². The van der Waals surface area contributed by atoms with Crippen molar-refractivity contribution in [1.82, 2.24) is 14.5 Å². The van der Waals surface area contributed by atoms with Crippen LogP contribution >= 0.6 is 11.3 Å². The number of rotatable bonds is 3. The fourth-order valence-electron chi connectivity index (χ4n) is 3.14. The van der Waals surface area contributed by atoms with E-state index in [2.05, 4.69) is 5.32 Å². The molecule has 1 saturated heterocycles. The summed E-state index contributed by atoms with van der Waals surface area (Å²) in [7, 11) is -3.68. The maximum atomic E-state index is 12.2. The topological polar surface area (TPSA) is 107 Å². The monoisotopic (exact) mass is 373 g/mol. The molecule has 4 amide bonds. The first-order valence-corrected chi connectivity index (χ1v) is 10.3. The van der Waals surface area contributed by atoms with Crippen LogP contribution in [0.25, 0.3) is 0 Å². The van der Waals surface area contributed by atoms with Crippen molar-refractivity contribution < 1.29 is 23.1 Å². The van der Waals surface area contributed by atoms with E-state index in [1.165, 1.54) is 0 Å². The van der Waals surface area contributed by atoms with Crippen LogP contribution in [-0.2, 0) is 22.0 Å². The van der Waals surface area contributed by atoms with Gasteiger partial charge in [-0.2, -0.15) is 0 Å².